The van der Waals surface area contributed by atoms with Crippen molar-refractivity contribution < 1.29 is 14.7 Å². The van der Waals surface area contributed by atoms with Gasteiger partial charge in [0.2, 0.25) is 5.91 Å². The van der Waals surface area contributed by atoms with E-state index in [4.69, 9.17) is 5.11 Å². The predicted molar refractivity (Wildman–Crippen MR) is 228 cm³/mol. The average Bonchev–Trinajstić information content (AvgIpc) is 2.95. The maximum Gasteiger partial charge on any atom is 0.328 e. The first-order valence-electron chi connectivity index (χ1n) is 15.4. The maximum absolute atomic E-state index is 10.1. The molecular weight excluding hydrogens is 679 g/mol. The van der Waals surface area contributed by atoms with Crippen LogP contribution in [-0.2, 0) is 9.59 Å². The van der Waals surface area contributed by atoms with Crippen LogP contribution in [0.1, 0.15) is 136 Å². The molecule has 0 spiro atoms. The lowest BCUT2D eigenvalue weighted by Crippen LogP contribution is -2.13. The van der Waals surface area contributed by atoms with E-state index in [1.807, 2.05) is 92.5 Å². The Bertz CT molecular complexity index is 672. The number of carboxylic acids is 1. The third-order valence-corrected chi connectivity index (χ3v) is 13.4. The third-order valence-electron chi connectivity index (χ3n) is 4.12. The van der Waals surface area contributed by atoms with Gasteiger partial charge >= 0.3 is 5.97 Å². The second kappa shape index (κ2) is 51.0. The molecule has 0 heterocycles. The van der Waals surface area contributed by atoms with E-state index in [2.05, 4.69) is 84.6 Å². The Balaban J connectivity index is -0.0000000782. The molecule has 0 aromatic carbocycles. The molecule has 0 aromatic heterocycles. The smallest absolute Gasteiger partial charge is 0.328 e. The number of hydrogen-bond acceptors (Lipinski definition) is 10. The standard InChI is InChI=1S/C7H12O2.C7H16S2.C6H14S2.C5H10N2O.C5H12S2.C2H5N.CH4/c1-3-4-6(2)5-7(8)9;1-5-7(3,4)9-8-6-2;1-4-6(3)8-7-5-2;1-4(2)6-7-5(3)8;1-3-5-7-6-4-2;1-3-2;/h5H,3-4H2,1-2H3,(H,8,9);5-6H2,1-4H3;6H,4-5H2,1-3H3;1-3H3,(H,7,8);3-5H2,1-2H3;1H2,2H3;1H4. The summed E-state index contributed by atoms with van der Waals surface area (Å²) in [4.78, 5) is 23.4. The second-order valence-electron chi connectivity index (χ2n) is 9.68. The van der Waals surface area contributed by atoms with Crippen molar-refractivity contribution in [2.45, 2.75) is 146 Å². The van der Waals surface area contributed by atoms with Crippen molar-refractivity contribution in [2.75, 3.05) is 30.1 Å². The largest absolute Gasteiger partial charge is 0.478 e. The lowest BCUT2D eigenvalue weighted by molar-refractivity contribution is -0.131. The minimum atomic E-state index is -0.846. The van der Waals surface area contributed by atoms with Gasteiger partial charge in [-0.25, -0.2) is 10.2 Å². The van der Waals surface area contributed by atoms with E-state index < -0.39 is 5.97 Å². The summed E-state index contributed by atoms with van der Waals surface area (Å²) in [5.41, 5.74) is 4.08. The molecule has 0 saturated heterocycles. The van der Waals surface area contributed by atoms with Crippen molar-refractivity contribution in [3.05, 3.63) is 11.6 Å². The first-order valence-corrected chi connectivity index (χ1v) is 22.6. The molecule has 1 atom stereocenters. The Morgan fingerprint density at radius 1 is 0.889 bits per heavy atom. The van der Waals surface area contributed by atoms with Gasteiger partial charge in [-0.3, -0.25) is 4.79 Å². The molecular formula is C33H73N3O3S6. The van der Waals surface area contributed by atoms with Crippen LogP contribution >= 0.6 is 64.8 Å². The van der Waals surface area contributed by atoms with Gasteiger partial charge in [-0.15, -0.1) is 0 Å². The van der Waals surface area contributed by atoms with Crippen LogP contribution in [0.4, 0.5) is 0 Å². The lowest BCUT2D eigenvalue weighted by Gasteiger charge is -2.19. The molecule has 274 valence electrons. The van der Waals surface area contributed by atoms with Crippen molar-refractivity contribution in [1.29, 1.82) is 0 Å². The van der Waals surface area contributed by atoms with Crippen LogP contribution in [-0.4, -0.2) is 69.5 Å². The van der Waals surface area contributed by atoms with Crippen LogP contribution in [0.15, 0.2) is 21.7 Å². The van der Waals surface area contributed by atoms with E-state index in [1.165, 1.54) is 55.3 Å². The first-order chi connectivity index (χ1) is 20.5. The molecule has 1 amide bonds. The van der Waals surface area contributed by atoms with Gasteiger partial charge in [-0.2, -0.15) is 5.10 Å². The number of aliphatic imine (C=N–C) groups is 1. The normalized spacial score (nSPS) is 10.3. The maximum atomic E-state index is 10.1. The molecule has 45 heavy (non-hydrogen) atoms. The molecule has 0 fully saturated rings. The molecule has 0 aliphatic rings. The Kier molecular flexibility index (Phi) is 68.5. The molecule has 0 aliphatic carbocycles. The zero-order valence-electron chi connectivity index (χ0n) is 30.8. The first kappa shape index (κ1) is 60.4. The van der Waals surface area contributed by atoms with Crippen LogP contribution in [0.3, 0.4) is 0 Å². The van der Waals surface area contributed by atoms with Crippen molar-refractivity contribution >= 4 is 89.1 Å². The number of carbonyl (C=O) groups excluding carboxylic acids is 1. The van der Waals surface area contributed by atoms with Crippen LogP contribution < -0.4 is 5.43 Å². The van der Waals surface area contributed by atoms with Gasteiger partial charge in [-0.05, 0) is 67.0 Å². The summed E-state index contributed by atoms with van der Waals surface area (Å²) in [7, 11) is 13.5. The fourth-order valence-electron chi connectivity index (χ4n) is 1.62. The molecule has 1 unspecified atom stereocenters. The molecule has 6 nitrogen and oxygen atoms in total. The van der Waals surface area contributed by atoms with Gasteiger partial charge in [0.15, 0.2) is 0 Å². The number of carboxylic acid groups (broad SMARTS) is 1. The van der Waals surface area contributed by atoms with Gasteiger partial charge in [0.05, 0.1) is 0 Å². The van der Waals surface area contributed by atoms with Gasteiger partial charge in [0.1, 0.15) is 0 Å². The Morgan fingerprint density at radius 3 is 1.67 bits per heavy atom. The number of hydrogen-bond donors (Lipinski definition) is 2. The molecule has 2 N–H and O–H groups in total. The Labute approximate surface area is 305 Å². The van der Waals surface area contributed by atoms with Crippen molar-refractivity contribution in [2.24, 2.45) is 10.1 Å². The molecule has 12 heteroatoms. The van der Waals surface area contributed by atoms with Crippen LogP contribution in [0, 0.1) is 0 Å². The molecule has 0 radical (unpaired) electrons. The van der Waals surface area contributed by atoms with Gasteiger partial charge < -0.3 is 10.1 Å². The quantitative estimate of drug-likeness (QED) is 0.0526. The summed E-state index contributed by atoms with van der Waals surface area (Å²) < 4.78 is 0.473. The SMILES string of the molecule is C.C=NC.CC(=O)NN=C(C)C.CCCC(C)=CC(=O)O.CCCSSCC.CCSSC(C)(C)CC.CCSSC(C)CC. The third kappa shape index (κ3) is 86.3. The summed E-state index contributed by atoms with van der Waals surface area (Å²) in [5, 5.41) is 12.7. The number of aliphatic carboxylic acids is 1. The van der Waals surface area contributed by atoms with Gasteiger partial charge in [-0.1, -0.05) is 140 Å². The van der Waals surface area contributed by atoms with E-state index in [1.54, 1.807) is 7.05 Å². The predicted octanol–water partition coefficient (Wildman–Crippen LogP) is 12.8. The average molecular weight is 752 g/mol. The van der Waals surface area contributed by atoms with E-state index in [-0.39, 0.29) is 13.3 Å². The number of allylic oxidation sites excluding steroid dienone is 1. The van der Waals surface area contributed by atoms with Crippen molar-refractivity contribution in [3.63, 3.8) is 0 Å². The van der Waals surface area contributed by atoms with Crippen LogP contribution in [0.2, 0.25) is 0 Å². The minimum absolute atomic E-state index is 0. The van der Waals surface area contributed by atoms with Crippen LogP contribution in [0.25, 0.3) is 0 Å². The highest BCUT2D eigenvalue weighted by molar-refractivity contribution is 8.77. The number of rotatable bonds is 16. The van der Waals surface area contributed by atoms with Gasteiger partial charge in [0.25, 0.3) is 0 Å². The van der Waals surface area contributed by atoms with Gasteiger partial charge in [0, 0.05) is 58.8 Å². The molecule has 0 aliphatic heterocycles. The number of hydrazone groups is 1. The highest BCUT2D eigenvalue weighted by atomic mass is 33.1. The zero-order valence-corrected chi connectivity index (χ0v) is 35.7. The summed E-state index contributed by atoms with van der Waals surface area (Å²) >= 11 is 0. The molecule has 0 saturated carbocycles. The molecule has 0 rings (SSSR count). The number of nitrogens with zero attached hydrogens (tertiary/aromatic N) is 2. The van der Waals surface area contributed by atoms with E-state index in [0.29, 0.717) is 4.75 Å². The molecule has 0 bridgehead atoms. The van der Waals surface area contributed by atoms with E-state index in [9.17, 15) is 9.59 Å². The summed E-state index contributed by atoms with van der Waals surface area (Å²) in [6.07, 6.45) is 6.99. The van der Waals surface area contributed by atoms with Crippen LogP contribution in [0.5, 0.6) is 0 Å². The van der Waals surface area contributed by atoms with E-state index >= 15 is 0 Å². The monoisotopic (exact) mass is 751 g/mol. The lowest BCUT2D eigenvalue weighted by atomic mass is 10.1. The van der Waals surface area contributed by atoms with E-state index in [0.717, 1.165) is 29.4 Å². The van der Waals surface area contributed by atoms with Crippen molar-refractivity contribution in [3.8, 4) is 0 Å². The fourth-order valence-corrected chi connectivity index (χ4v) is 7.66. The number of amides is 1. The fraction of sp³-hybridized carbons (Fsp3) is 0.818. The summed E-state index contributed by atoms with van der Waals surface area (Å²) in [6.45, 7) is 32.1. The second-order valence-corrected chi connectivity index (χ2v) is 18.9. The summed E-state index contributed by atoms with van der Waals surface area (Å²) in [6, 6.07) is 0. The Morgan fingerprint density at radius 2 is 1.38 bits per heavy atom. The highest BCUT2D eigenvalue weighted by Gasteiger charge is 2.14. The minimum Gasteiger partial charge on any atom is -0.478 e. The summed E-state index contributed by atoms with van der Waals surface area (Å²) in [5.74, 6) is 4.01. The zero-order chi connectivity index (χ0) is 35.8. The molecule has 0 aromatic rings. The number of carbonyl (C=O) groups is 2. The topological polar surface area (TPSA) is 91.1 Å². The van der Waals surface area contributed by atoms with Crippen molar-refractivity contribution in [1.82, 2.24) is 5.43 Å². The number of nitrogens with one attached hydrogen (secondary N) is 1. The highest BCUT2D eigenvalue weighted by Crippen LogP contribution is 2.37. The Hall–Kier alpha value is 0.120.